The monoisotopic (exact) mass is 530 g/mol. The van der Waals surface area contributed by atoms with Crippen LogP contribution in [0.25, 0.3) is 0 Å². The first-order valence-electron chi connectivity index (χ1n) is 12.1. The Morgan fingerprint density at radius 3 is 2.50 bits per heavy atom. The zero-order chi connectivity index (χ0) is 27.1. The van der Waals surface area contributed by atoms with E-state index in [2.05, 4.69) is 11.1 Å². The highest BCUT2D eigenvalue weighted by Crippen LogP contribution is 2.52. The van der Waals surface area contributed by atoms with Crippen molar-refractivity contribution >= 4 is 17.5 Å². The summed E-state index contributed by atoms with van der Waals surface area (Å²) in [5.41, 5.74) is -0.298. The zero-order valence-electron chi connectivity index (χ0n) is 20.9. The van der Waals surface area contributed by atoms with Crippen molar-refractivity contribution in [1.82, 2.24) is 9.88 Å². The summed E-state index contributed by atoms with van der Waals surface area (Å²) in [6.07, 6.45) is 2.29. The van der Waals surface area contributed by atoms with Gasteiger partial charge in [0.25, 0.3) is 5.91 Å². The number of carbonyl (C=O) groups excluding carboxylic acids is 1. The van der Waals surface area contributed by atoms with Gasteiger partial charge in [0.05, 0.1) is 53.1 Å². The molecule has 3 aromatic rings. The largest absolute Gasteiger partial charge is 0.377 e. The third-order valence-electron chi connectivity index (χ3n) is 7.29. The third-order valence-corrected chi connectivity index (χ3v) is 7.54. The summed E-state index contributed by atoms with van der Waals surface area (Å²) in [6.45, 7) is 1.74. The number of nitrogens with zero attached hydrogens (tertiary/aromatic N) is 4. The first kappa shape index (κ1) is 25.8. The number of benzene rings is 2. The number of carbonyl (C=O) groups is 1. The second-order valence-corrected chi connectivity index (χ2v) is 10.1. The minimum absolute atomic E-state index is 0.00576. The van der Waals surface area contributed by atoms with E-state index in [-0.39, 0.29) is 24.3 Å². The zero-order valence-corrected chi connectivity index (χ0v) is 21.6. The maximum absolute atomic E-state index is 16.2. The molecule has 1 amide bonds. The molecule has 1 aliphatic carbocycles. The highest BCUT2D eigenvalue weighted by molar-refractivity contribution is 6.30. The molecule has 1 aliphatic heterocycles. The summed E-state index contributed by atoms with van der Waals surface area (Å²) >= 11 is 6.18. The maximum atomic E-state index is 16.2. The highest BCUT2D eigenvalue weighted by Gasteiger charge is 2.56. The number of methoxy groups -OCH3 is 1. The van der Waals surface area contributed by atoms with Gasteiger partial charge in [-0.05, 0) is 61.7 Å². The third kappa shape index (κ3) is 4.31. The van der Waals surface area contributed by atoms with Gasteiger partial charge in [-0.2, -0.15) is 10.5 Å². The SMILES string of the molecule is COC(C)c1cc(F)c2c(c1)C(=O)N(Cc1ccc(C#N)cn1)[C@@]2(OCC1(C#N)CC1)c1ccc(Cl)cc1. The summed E-state index contributed by atoms with van der Waals surface area (Å²) in [4.78, 5) is 19.9. The number of aromatic nitrogens is 1. The number of fused-ring (bicyclic) bond motifs is 1. The van der Waals surface area contributed by atoms with Crippen LogP contribution < -0.4 is 0 Å². The molecule has 1 fully saturated rings. The van der Waals surface area contributed by atoms with Crippen LogP contribution in [0.5, 0.6) is 0 Å². The lowest BCUT2D eigenvalue weighted by Crippen LogP contribution is -2.47. The van der Waals surface area contributed by atoms with Crippen molar-refractivity contribution in [1.29, 1.82) is 10.5 Å². The molecule has 0 spiro atoms. The predicted molar refractivity (Wildman–Crippen MR) is 136 cm³/mol. The Hall–Kier alpha value is -3.82. The Morgan fingerprint density at radius 2 is 1.92 bits per heavy atom. The van der Waals surface area contributed by atoms with Crippen LogP contribution in [0, 0.1) is 33.9 Å². The van der Waals surface area contributed by atoms with Crippen molar-refractivity contribution < 1.29 is 18.7 Å². The highest BCUT2D eigenvalue weighted by atomic mass is 35.5. The fourth-order valence-electron chi connectivity index (χ4n) is 4.76. The van der Waals surface area contributed by atoms with Gasteiger partial charge in [0.2, 0.25) is 0 Å². The van der Waals surface area contributed by atoms with Gasteiger partial charge in [-0.3, -0.25) is 14.7 Å². The van der Waals surface area contributed by atoms with Gasteiger partial charge in [0.1, 0.15) is 11.9 Å². The average Bonchev–Trinajstić information content (AvgIpc) is 3.69. The lowest BCUT2D eigenvalue weighted by molar-refractivity contribution is -0.122. The number of nitriles is 2. The van der Waals surface area contributed by atoms with Gasteiger partial charge in [-0.15, -0.1) is 0 Å². The first-order chi connectivity index (χ1) is 18.3. The number of ether oxygens (including phenoxy) is 2. The molecule has 9 heteroatoms. The van der Waals surface area contributed by atoms with Gasteiger partial charge in [-0.25, -0.2) is 4.39 Å². The molecule has 0 bridgehead atoms. The van der Waals surface area contributed by atoms with E-state index < -0.39 is 29.0 Å². The number of halogens is 2. The summed E-state index contributed by atoms with van der Waals surface area (Å²) in [5, 5.41) is 19.4. The van der Waals surface area contributed by atoms with E-state index in [0.29, 0.717) is 40.2 Å². The van der Waals surface area contributed by atoms with E-state index in [1.165, 1.54) is 24.3 Å². The van der Waals surface area contributed by atoms with E-state index in [1.807, 2.05) is 6.07 Å². The van der Waals surface area contributed by atoms with Crippen molar-refractivity contribution in [2.24, 2.45) is 5.41 Å². The van der Waals surface area contributed by atoms with E-state index in [0.717, 1.165) is 0 Å². The Kier molecular flexibility index (Phi) is 6.66. The van der Waals surface area contributed by atoms with Gasteiger partial charge in [0, 0.05) is 23.9 Å². The molecule has 0 N–H and O–H groups in total. The van der Waals surface area contributed by atoms with Gasteiger partial charge in [0.15, 0.2) is 5.72 Å². The van der Waals surface area contributed by atoms with Gasteiger partial charge >= 0.3 is 0 Å². The molecule has 2 atom stereocenters. The van der Waals surface area contributed by atoms with Crippen molar-refractivity contribution in [3.05, 3.63) is 99.1 Å². The predicted octanol–water partition coefficient (Wildman–Crippen LogP) is 5.63. The molecular weight excluding hydrogens is 507 g/mol. The van der Waals surface area contributed by atoms with Crippen LogP contribution in [-0.4, -0.2) is 29.5 Å². The molecule has 5 rings (SSSR count). The quantitative estimate of drug-likeness (QED) is 0.374. The fourth-order valence-corrected chi connectivity index (χ4v) is 4.88. The van der Waals surface area contributed by atoms with Crippen LogP contribution in [0.15, 0.2) is 54.7 Å². The molecule has 192 valence electrons. The van der Waals surface area contributed by atoms with Crippen LogP contribution in [0.3, 0.4) is 0 Å². The fraction of sp³-hybridized carbons (Fsp3) is 0.310. The maximum Gasteiger partial charge on any atom is 0.257 e. The Labute approximate surface area is 225 Å². The standard InChI is InChI=1S/C29H24ClFN4O3/c1-18(37-2)20-11-24-26(25(31)12-20)29(21-4-6-22(30)7-5-21,38-17-28(16-33)9-10-28)35(27(24)36)15-23-8-3-19(13-32)14-34-23/h3-8,11-12,14,18H,9-10,15,17H2,1-2H3/t18?,29-/m1/s1. The molecule has 1 unspecified atom stereocenters. The molecule has 7 nitrogen and oxygen atoms in total. The second-order valence-electron chi connectivity index (χ2n) is 9.68. The Bertz CT molecular complexity index is 1480. The van der Waals surface area contributed by atoms with Crippen molar-refractivity contribution in [2.45, 2.75) is 38.1 Å². The van der Waals surface area contributed by atoms with Crippen LogP contribution in [0.1, 0.15) is 64.2 Å². The molecule has 2 heterocycles. The topological polar surface area (TPSA) is 99.2 Å². The summed E-state index contributed by atoms with van der Waals surface area (Å²) in [6, 6.07) is 17.3. The Balaban J connectivity index is 1.72. The average molecular weight is 531 g/mol. The molecular formula is C29H24ClFN4O3. The van der Waals surface area contributed by atoms with Crippen LogP contribution in [-0.2, 0) is 21.7 Å². The second kappa shape index (κ2) is 9.81. The van der Waals surface area contributed by atoms with E-state index in [4.69, 9.17) is 26.3 Å². The molecule has 2 aromatic carbocycles. The molecule has 0 radical (unpaired) electrons. The molecule has 2 aliphatic rings. The number of amides is 1. The van der Waals surface area contributed by atoms with Crippen molar-refractivity contribution in [2.75, 3.05) is 13.7 Å². The number of rotatable bonds is 8. The van der Waals surface area contributed by atoms with Crippen molar-refractivity contribution in [3.63, 3.8) is 0 Å². The summed E-state index contributed by atoms with van der Waals surface area (Å²) in [5.74, 6) is -1.08. The number of hydrogen-bond acceptors (Lipinski definition) is 6. The summed E-state index contributed by atoms with van der Waals surface area (Å²) in [7, 11) is 1.51. The lowest BCUT2D eigenvalue weighted by atomic mass is 9.90. The van der Waals surface area contributed by atoms with E-state index >= 15 is 4.39 Å². The van der Waals surface area contributed by atoms with Crippen LogP contribution >= 0.6 is 11.6 Å². The molecule has 38 heavy (non-hydrogen) atoms. The minimum Gasteiger partial charge on any atom is -0.377 e. The number of pyridine rings is 1. The number of hydrogen-bond donors (Lipinski definition) is 0. The normalized spacial score (nSPS) is 19.9. The molecule has 1 aromatic heterocycles. The van der Waals surface area contributed by atoms with Gasteiger partial charge in [-0.1, -0.05) is 23.7 Å². The van der Waals surface area contributed by atoms with Crippen LogP contribution in [0.2, 0.25) is 5.02 Å². The lowest BCUT2D eigenvalue weighted by Gasteiger charge is -2.40. The molecule has 0 saturated heterocycles. The van der Waals surface area contributed by atoms with Crippen molar-refractivity contribution in [3.8, 4) is 12.1 Å². The van der Waals surface area contributed by atoms with E-state index in [1.54, 1.807) is 49.4 Å². The van der Waals surface area contributed by atoms with E-state index in [9.17, 15) is 10.1 Å². The first-order valence-corrected chi connectivity index (χ1v) is 12.5. The summed E-state index contributed by atoms with van der Waals surface area (Å²) < 4.78 is 28.1. The smallest absolute Gasteiger partial charge is 0.257 e. The minimum atomic E-state index is -1.68. The van der Waals surface area contributed by atoms with Gasteiger partial charge < -0.3 is 9.47 Å². The Morgan fingerprint density at radius 1 is 1.18 bits per heavy atom. The molecule has 1 saturated carbocycles. The van der Waals surface area contributed by atoms with Crippen LogP contribution in [0.4, 0.5) is 4.39 Å².